The molecule has 1 amide bonds. The Labute approximate surface area is 166 Å². The number of halogens is 1. The monoisotopic (exact) mass is 405 g/mol. The second-order valence-electron chi connectivity index (χ2n) is 5.89. The van der Waals surface area contributed by atoms with E-state index in [0.717, 1.165) is 11.4 Å². The first kappa shape index (κ1) is 19.4. The molecule has 3 rings (SSSR count). The number of amides is 1. The van der Waals surface area contributed by atoms with E-state index in [2.05, 4.69) is 20.7 Å². The van der Waals surface area contributed by atoms with Crippen molar-refractivity contribution in [2.24, 2.45) is 0 Å². The molecule has 0 fully saturated rings. The van der Waals surface area contributed by atoms with Crippen LogP contribution in [0.1, 0.15) is 26.0 Å². The number of rotatable bonds is 7. The normalized spacial score (nSPS) is 12.1. The predicted molar refractivity (Wildman–Crippen MR) is 106 cm³/mol. The van der Waals surface area contributed by atoms with E-state index in [9.17, 15) is 4.79 Å². The number of nitrogens with zero attached hydrogens (tertiary/aromatic N) is 4. The molecule has 7 nitrogen and oxygen atoms in total. The average molecular weight is 406 g/mol. The second kappa shape index (κ2) is 8.58. The first-order chi connectivity index (χ1) is 13.0. The highest BCUT2D eigenvalue weighted by Gasteiger charge is 2.23. The van der Waals surface area contributed by atoms with Gasteiger partial charge in [0.1, 0.15) is 5.76 Å². The maximum Gasteiger partial charge on any atom is 0.239 e. The minimum absolute atomic E-state index is 0.147. The van der Waals surface area contributed by atoms with Crippen molar-refractivity contribution in [1.82, 2.24) is 19.9 Å². The van der Waals surface area contributed by atoms with Gasteiger partial charge in [-0.1, -0.05) is 47.6 Å². The lowest BCUT2D eigenvalue weighted by Gasteiger charge is -2.14. The van der Waals surface area contributed by atoms with E-state index in [1.807, 2.05) is 42.7 Å². The van der Waals surface area contributed by atoms with E-state index < -0.39 is 0 Å². The summed E-state index contributed by atoms with van der Waals surface area (Å²) < 4.78 is 6.97. The average Bonchev–Trinajstić information content (AvgIpc) is 3.25. The molecule has 1 aromatic carbocycles. The number of thioether (sulfide) groups is 1. The van der Waals surface area contributed by atoms with Gasteiger partial charge in [-0.2, -0.15) is 0 Å². The number of hydrogen-bond acceptors (Lipinski definition) is 6. The standard InChI is InChI=1S/C18H20ClN5O2S/c1-4-14(17(25)20-15-9-11(3)26-23-15)27-18-22-21-16(24(18)5-2)12-7-6-8-13(19)10-12/h6-10,14H,4-5H2,1-3H3,(H,20,23,25). The first-order valence-electron chi connectivity index (χ1n) is 8.61. The number of anilines is 1. The lowest BCUT2D eigenvalue weighted by molar-refractivity contribution is -0.115. The number of aromatic nitrogens is 4. The highest BCUT2D eigenvalue weighted by atomic mass is 35.5. The SMILES string of the molecule is CCC(Sc1nnc(-c2cccc(Cl)c2)n1CC)C(=O)Nc1cc(C)on1. The van der Waals surface area contributed by atoms with Crippen LogP contribution in [0.15, 0.2) is 40.0 Å². The van der Waals surface area contributed by atoms with Crippen LogP contribution in [0.2, 0.25) is 5.02 Å². The maximum atomic E-state index is 12.6. The van der Waals surface area contributed by atoms with Crippen LogP contribution in [0.3, 0.4) is 0 Å². The van der Waals surface area contributed by atoms with Crippen molar-refractivity contribution < 1.29 is 9.32 Å². The highest BCUT2D eigenvalue weighted by molar-refractivity contribution is 8.00. The largest absolute Gasteiger partial charge is 0.360 e. The van der Waals surface area contributed by atoms with Crippen molar-refractivity contribution in [3.8, 4) is 11.4 Å². The van der Waals surface area contributed by atoms with Crippen LogP contribution in [-0.2, 0) is 11.3 Å². The molecule has 142 valence electrons. The fraction of sp³-hybridized carbons (Fsp3) is 0.333. The molecule has 3 aromatic rings. The summed E-state index contributed by atoms with van der Waals surface area (Å²) in [6.45, 7) is 6.42. The Hall–Kier alpha value is -2.32. The maximum absolute atomic E-state index is 12.6. The summed E-state index contributed by atoms with van der Waals surface area (Å²) in [6.07, 6.45) is 0.635. The van der Waals surface area contributed by atoms with Gasteiger partial charge in [-0.05, 0) is 32.4 Å². The summed E-state index contributed by atoms with van der Waals surface area (Å²) in [6, 6.07) is 9.16. The highest BCUT2D eigenvalue weighted by Crippen LogP contribution is 2.29. The Kier molecular flexibility index (Phi) is 6.18. The van der Waals surface area contributed by atoms with Crippen molar-refractivity contribution in [1.29, 1.82) is 0 Å². The van der Waals surface area contributed by atoms with Crippen molar-refractivity contribution in [3.05, 3.63) is 41.1 Å². The third-order valence-electron chi connectivity index (χ3n) is 3.91. The van der Waals surface area contributed by atoms with Crippen molar-refractivity contribution in [2.75, 3.05) is 5.32 Å². The zero-order valence-electron chi connectivity index (χ0n) is 15.3. The number of nitrogens with one attached hydrogen (secondary N) is 1. The van der Waals surface area contributed by atoms with Crippen LogP contribution in [0, 0.1) is 6.92 Å². The van der Waals surface area contributed by atoms with Crippen LogP contribution in [-0.4, -0.2) is 31.1 Å². The zero-order valence-corrected chi connectivity index (χ0v) is 16.8. The Bertz CT molecular complexity index is 939. The van der Waals surface area contributed by atoms with Gasteiger partial charge < -0.3 is 14.4 Å². The van der Waals surface area contributed by atoms with Crippen molar-refractivity contribution in [3.63, 3.8) is 0 Å². The topological polar surface area (TPSA) is 85.8 Å². The summed E-state index contributed by atoms with van der Waals surface area (Å²) in [5.41, 5.74) is 0.888. The quantitative estimate of drug-likeness (QED) is 0.585. The molecule has 1 unspecified atom stereocenters. The molecule has 0 spiro atoms. The molecule has 2 heterocycles. The molecule has 1 N–H and O–H groups in total. The number of carbonyl (C=O) groups is 1. The molecule has 0 aliphatic rings. The fourth-order valence-electron chi connectivity index (χ4n) is 2.58. The summed E-state index contributed by atoms with van der Waals surface area (Å²) >= 11 is 7.47. The van der Waals surface area contributed by atoms with Gasteiger partial charge in [0.25, 0.3) is 0 Å². The van der Waals surface area contributed by atoms with E-state index in [0.29, 0.717) is 34.7 Å². The zero-order chi connectivity index (χ0) is 19.4. The van der Waals surface area contributed by atoms with E-state index in [1.165, 1.54) is 11.8 Å². The van der Waals surface area contributed by atoms with Crippen LogP contribution in [0.25, 0.3) is 11.4 Å². The molecule has 9 heteroatoms. The Morgan fingerprint density at radius 1 is 1.33 bits per heavy atom. The lowest BCUT2D eigenvalue weighted by Crippen LogP contribution is -2.25. The minimum Gasteiger partial charge on any atom is -0.360 e. The van der Waals surface area contributed by atoms with E-state index in [1.54, 1.807) is 13.0 Å². The van der Waals surface area contributed by atoms with E-state index >= 15 is 0 Å². The lowest BCUT2D eigenvalue weighted by atomic mass is 10.2. The van der Waals surface area contributed by atoms with Gasteiger partial charge in [-0.15, -0.1) is 10.2 Å². The van der Waals surface area contributed by atoms with Crippen LogP contribution in [0.5, 0.6) is 0 Å². The molecule has 0 saturated heterocycles. The third-order valence-corrected chi connectivity index (χ3v) is 5.49. The molecule has 2 aromatic heterocycles. The summed E-state index contributed by atoms with van der Waals surface area (Å²) in [7, 11) is 0. The summed E-state index contributed by atoms with van der Waals surface area (Å²) in [5, 5.41) is 16.2. The van der Waals surface area contributed by atoms with Gasteiger partial charge in [-0.3, -0.25) is 4.79 Å². The molecule has 0 radical (unpaired) electrons. The molecule has 0 saturated carbocycles. The van der Waals surface area contributed by atoms with Gasteiger partial charge in [-0.25, -0.2) is 0 Å². The summed E-state index contributed by atoms with van der Waals surface area (Å²) in [5.74, 6) is 1.63. The van der Waals surface area contributed by atoms with Gasteiger partial charge in [0.05, 0.1) is 5.25 Å². The Morgan fingerprint density at radius 3 is 2.78 bits per heavy atom. The molecule has 27 heavy (non-hydrogen) atoms. The van der Waals surface area contributed by atoms with E-state index in [-0.39, 0.29) is 11.2 Å². The van der Waals surface area contributed by atoms with Crippen LogP contribution >= 0.6 is 23.4 Å². The first-order valence-corrected chi connectivity index (χ1v) is 9.87. The Morgan fingerprint density at radius 2 is 2.15 bits per heavy atom. The fourth-order valence-corrected chi connectivity index (χ4v) is 3.79. The Balaban J connectivity index is 1.80. The molecular formula is C18H20ClN5O2S. The third kappa shape index (κ3) is 4.51. The minimum atomic E-state index is -0.330. The number of aryl methyl sites for hydroxylation is 1. The smallest absolute Gasteiger partial charge is 0.239 e. The van der Waals surface area contributed by atoms with E-state index in [4.69, 9.17) is 16.1 Å². The van der Waals surface area contributed by atoms with Crippen molar-refractivity contribution >= 4 is 35.1 Å². The van der Waals surface area contributed by atoms with Crippen molar-refractivity contribution in [2.45, 2.75) is 44.1 Å². The number of benzene rings is 1. The van der Waals surface area contributed by atoms with Gasteiger partial charge in [0.15, 0.2) is 16.8 Å². The molecule has 0 aliphatic carbocycles. The molecule has 0 aliphatic heterocycles. The number of carbonyl (C=O) groups excluding carboxylic acids is 1. The molecular weight excluding hydrogens is 386 g/mol. The van der Waals surface area contributed by atoms with Gasteiger partial charge in [0.2, 0.25) is 5.91 Å². The number of hydrogen-bond donors (Lipinski definition) is 1. The second-order valence-corrected chi connectivity index (χ2v) is 7.49. The van der Waals surface area contributed by atoms with Crippen LogP contribution in [0.4, 0.5) is 5.82 Å². The van der Waals surface area contributed by atoms with Crippen LogP contribution < -0.4 is 5.32 Å². The summed E-state index contributed by atoms with van der Waals surface area (Å²) in [4.78, 5) is 12.6. The van der Waals surface area contributed by atoms with Gasteiger partial charge >= 0.3 is 0 Å². The molecule has 1 atom stereocenters. The molecule has 0 bridgehead atoms. The van der Waals surface area contributed by atoms with Gasteiger partial charge in [0, 0.05) is 23.2 Å². The predicted octanol–water partition coefficient (Wildman–Crippen LogP) is 4.42.